The van der Waals surface area contributed by atoms with E-state index in [1.165, 1.54) is 38.9 Å². The van der Waals surface area contributed by atoms with Gasteiger partial charge in [0.1, 0.15) is 0 Å². The highest BCUT2D eigenvalue weighted by Crippen LogP contribution is 2.26. The van der Waals surface area contributed by atoms with Gasteiger partial charge in [0.15, 0.2) is 0 Å². The van der Waals surface area contributed by atoms with E-state index in [4.69, 9.17) is 5.73 Å². The molecule has 0 amide bonds. The largest absolute Gasteiger partial charge is 0.330 e. The first kappa shape index (κ1) is 13.0. The molecule has 2 heteroatoms. The van der Waals surface area contributed by atoms with Crippen LogP contribution in [0.25, 0.3) is 0 Å². The first-order chi connectivity index (χ1) is 7.03. The van der Waals surface area contributed by atoms with E-state index in [0.29, 0.717) is 5.41 Å². The van der Waals surface area contributed by atoms with Crippen LogP contribution < -0.4 is 5.73 Å². The zero-order valence-corrected chi connectivity index (χ0v) is 10.8. The van der Waals surface area contributed by atoms with E-state index < -0.39 is 0 Å². The number of rotatable bonds is 5. The summed E-state index contributed by atoms with van der Waals surface area (Å²) >= 11 is 0. The molecular weight excluding hydrogens is 184 g/mol. The summed E-state index contributed by atoms with van der Waals surface area (Å²) in [5.41, 5.74) is 6.02. The summed E-state index contributed by atoms with van der Waals surface area (Å²) in [6.07, 6.45) is 5.19. The molecule has 0 saturated carbocycles. The molecule has 0 bridgehead atoms. The maximum Gasteiger partial charge on any atom is 0.00327 e. The lowest BCUT2D eigenvalue weighted by atomic mass is 9.86. The fraction of sp³-hybridized carbons (Fsp3) is 1.00. The van der Waals surface area contributed by atoms with Crippen molar-refractivity contribution in [2.45, 2.75) is 46.5 Å². The number of nitrogens with two attached hydrogens (primary N) is 1. The average molecular weight is 212 g/mol. The lowest BCUT2D eigenvalue weighted by Gasteiger charge is -2.36. The van der Waals surface area contributed by atoms with Crippen LogP contribution in [0, 0.1) is 11.3 Å². The number of likely N-dealkylation sites (tertiary alicyclic amines) is 1. The molecule has 15 heavy (non-hydrogen) atoms. The molecule has 1 rings (SSSR count). The number of nitrogens with zero attached hydrogens (tertiary/aromatic N) is 1. The Kier molecular flexibility index (Phi) is 5.07. The molecule has 1 aliphatic heterocycles. The Morgan fingerprint density at radius 3 is 2.40 bits per heavy atom. The minimum absolute atomic E-state index is 0.444. The van der Waals surface area contributed by atoms with Gasteiger partial charge in [0, 0.05) is 6.54 Å². The third-order valence-electron chi connectivity index (χ3n) is 3.59. The van der Waals surface area contributed by atoms with Crippen LogP contribution >= 0.6 is 0 Å². The van der Waals surface area contributed by atoms with Gasteiger partial charge < -0.3 is 10.6 Å². The second-order valence-electron chi connectivity index (χ2n) is 6.02. The number of hydrogen-bond acceptors (Lipinski definition) is 2. The molecule has 1 saturated heterocycles. The summed E-state index contributed by atoms with van der Waals surface area (Å²) in [4.78, 5) is 2.64. The maximum absolute atomic E-state index is 5.57. The molecule has 0 radical (unpaired) electrons. The predicted molar refractivity (Wildman–Crippen MR) is 66.9 cm³/mol. The Morgan fingerprint density at radius 2 is 1.87 bits per heavy atom. The summed E-state index contributed by atoms with van der Waals surface area (Å²) in [5.74, 6) is 0.938. The van der Waals surface area contributed by atoms with Gasteiger partial charge in [-0.1, -0.05) is 20.8 Å². The highest BCUT2D eigenvalue weighted by Gasteiger charge is 2.23. The molecule has 2 N–H and O–H groups in total. The Balaban J connectivity index is 2.27. The van der Waals surface area contributed by atoms with E-state index in [0.717, 1.165) is 18.9 Å². The SMILES string of the molecule is CC1CCN(CC(C)(C)CCCN)CC1. The number of hydrogen-bond donors (Lipinski definition) is 1. The molecule has 0 spiro atoms. The van der Waals surface area contributed by atoms with E-state index in [9.17, 15) is 0 Å². The van der Waals surface area contributed by atoms with Gasteiger partial charge in [-0.25, -0.2) is 0 Å². The second kappa shape index (κ2) is 5.86. The van der Waals surface area contributed by atoms with Crippen LogP contribution in [0.3, 0.4) is 0 Å². The van der Waals surface area contributed by atoms with Gasteiger partial charge in [0.2, 0.25) is 0 Å². The normalized spacial score (nSPS) is 20.8. The highest BCUT2D eigenvalue weighted by molar-refractivity contribution is 4.77. The molecule has 2 nitrogen and oxygen atoms in total. The summed E-state index contributed by atoms with van der Waals surface area (Å²) in [5, 5.41) is 0. The lowest BCUT2D eigenvalue weighted by Crippen LogP contribution is -2.39. The molecule has 0 aromatic heterocycles. The quantitative estimate of drug-likeness (QED) is 0.758. The maximum atomic E-state index is 5.57. The van der Waals surface area contributed by atoms with Crippen LogP contribution in [-0.2, 0) is 0 Å². The van der Waals surface area contributed by atoms with Gasteiger partial charge in [-0.15, -0.1) is 0 Å². The molecule has 0 unspecified atom stereocenters. The van der Waals surface area contributed by atoms with E-state index in [-0.39, 0.29) is 0 Å². The van der Waals surface area contributed by atoms with Crippen molar-refractivity contribution in [3.05, 3.63) is 0 Å². The summed E-state index contributed by atoms with van der Waals surface area (Å²) in [6.45, 7) is 11.8. The standard InChI is InChI=1S/C13H28N2/c1-12-5-9-15(10-6-12)11-13(2,3)7-4-8-14/h12H,4-11,14H2,1-3H3. The van der Waals surface area contributed by atoms with Crippen LogP contribution in [-0.4, -0.2) is 31.1 Å². The summed E-state index contributed by atoms with van der Waals surface area (Å²) < 4.78 is 0. The van der Waals surface area contributed by atoms with Gasteiger partial charge in [-0.2, -0.15) is 0 Å². The van der Waals surface area contributed by atoms with Crippen LogP contribution in [0.1, 0.15) is 46.5 Å². The average Bonchev–Trinajstić information content (AvgIpc) is 2.18. The van der Waals surface area contributed by atoms with E-state index in [2.05, 4.69) is 25.7 Å². The first-order valence-electron chi connectivity index (χ1n) is 6.46. The third kappa shape index (κ3) is 4.98. The topological polar surface area (TPSA) is 29.3 Å². The van der Waals surface area contributed by atoms with Crippen LogP contribution in [0.4, 0.5) is 0 Å². The molecule has 0 atom stereocenters. The summed E-state index contributed by atoms with van der Waals surface area (Å²) in [7, 11) is 0. The molecular formula is C13H28N2. The van der Waals surface area contributed by atoms with Crippen molar-refractivity contribution in [2.75, 3.05) is 26.2 Å². The van der Waals surface area contributed by atoms with E-state index >= 15 is 0 Å². The van der Waals surface area contributed by atoms with E-state index in [1.54, 1.807) is 0 Å². The van der Waals surface area contributed by atoms with Crippen molar-refractivity contribution < 1.29 is 0 Å². The molecule has 1 heterocycles. The fourth-order valence-electron chi connectivity index (χ4n) is 2.49. The Morgan fingerprint density at radius 1 is 1.27 bits per heavy atom. The van der Waals surface area contributed by atoms with Gasteiger partial charge in [-0.3, -0.25) is 0 Å². The molecule has 0 aromatic rings. The molecule has 0 aliphatic carbocycles. The monoisotopic (exact) mass is 212 g/mol. The van der Waals surface area contributed by atoms with Gasteiger partial charge in [0.25, 0.3) is 0 Å². The second-order valence-corrected chi connectivity index (χ2v) is 6.02. The van der Waals surface area contributed by atoms with Crippen molar-refractivity contribution in [2.24, 2.45) is 17.1 Å². The van der Waals surface area contributed by atoms with Crippen molar-refractivity contribution in [1.82, 2.24) is 4.90 Å². The van der Waals surface area contributed by atoms with Crippen LogP contribution in [0.5, 0.6) is 0 Å². The predicted octanol–water partition coefficient (Wildman–Crippen LogP) is 2.48. The van der Waals surface area contributed by atoms with Crippen LogP contribution in [0.2, 0.25) is 0 Å². The molecule has 1 fully saturated rings. The van der Waals surface area contributed by atoms with Gasteiger partial charge in [0.05, 0.1) is 0 Å². The zero-order chi connectivity index (χ0) is 11.3. The fourth-order valence-corrected chi connectivity index (χ4v) is 2.49. The Hall–Kier alpha value is -0.0800. The van der Waals surface area contributed by atoms with Gasteiger partial charge >= 0.3 is 0 Å². The molecule has 90 valence electrons. The summed E-state index contributed by atoms with van der Waals surface area (Å²) in [6, 6.07) is 0. The first-order valence-corrected chi connectivity index (χ1v) is 6.46. The molecule has 0 aromatic carbocycles. The Bertz CT molecular complexity index is 169. The molecule has 1 aliphatic rings. The van der Waals surface area contributed by atoms with E-state index in [1.807, 2.05) is 0 Å². The Labute approximate surface area is 95.2 Å². The van der Waals surface area contributed by atoms with Gasteiger partial charge in [-0.05, 0) is 56.7 Å². The number of piperidine rings is 1. The minimum Gasteiger partial charge on any atom is -0.330 e. The minimum atomic E-state index is 0.444. The van der Waals surface area contributed by atoms with Crippen molar-refractivity contribution in [3.63, 3.8) is 0 Å². The zero-order valence-electron chi connectivity index (χ0n) is 10.8. The third-order valence-corrected chi connectivity index (χ3v) is 3.59. The van der Waals surface area contributed by atoms with Crippen molar-refractivity contribution >= 4 is 0 Å². The highest BCUT2D eigenvalue weighted by atomic mass is 15.1. The lowest BCUT2D eigenvalue weighted by molar-refractivity contribution is 0.126. The van der Waals surface area contributed by atoms with Crippen molar-refractivity contribution in [3.8, 4) is 0 Å². The smallest absolute Gasteiger partial charge is 0.00327 e. The van der Waals surface area contributed by atoms with Crippen molar-refractivity contribution in [1.29, 1.82) is 0 Å². The van der Waals surface area contributed by atoms with Crippen LogP contribution in [0.15, 0.2) is 0 Å².